The number of carbonyl (C=O) groups is 1. The number of aliphatic hydroxyl groups is 1. The number of hydrogen-bond acceptors (Lipinski definition) is 3. The summed E-state index contributed by atoms with van der Waals surface area (Å²) in [5.74, 6) is 0. The molecule has 0 saturated heterocycles. The lowest BCUT2D eigenvalue weighted by Gasteiger charge is -2.26. The van der Waals surface area contributed by atoms with Crippen LogP contribution in [0.2, 0.25) is 0 Å². The Morgan fingerprint density at radius 2 is 2.05 bits per heavy atom. The number of urea groups is 1. The van der Waals surface area contributed by atoms with Gasteiger partial charge in [0.2, 0.25) is 0 Å². The van der Waals surface area contributed by atoms with E-state index in [2.05, 4.69) is 10.6 Å². The predicted octanol–water partition coefficient (Wildman–Crippen LogP) is 1.98. The lowest BCUT2D eigenvalue weighted by molar-refractivity contribution is 0.118. The molecule has 0 atom stereocenters. The minimum Gasteiger partial charge on any atom is -0.393 e. The summed E-state index contributed by atoms with van der Waals surface area (Å²) >= 11 is 0. The minimum atomic E-state index is -0.267. The summed E-state index contributed by atoms with van der Waals surface area (Å²) in [5.41, 5.74) is 1.12. The summed E-state index contributed by atoms with van der Waals surface area (Å²) in [5, 5.41) is 23.8. The highest BCUT2D eigenvalue weighted by Gasteiger charge is 2.20. The maximum atomic E-state index is 11.8. The normalized spacial score (nSPS) is 22.3. The van der Waals surface area contributed by atoms with Crippen LogP contribution in [0.4, 0.5) is 10.5 Å². The second-order valence-electron chi connectivity index (χ2n) is 4.80. The SMILES string of the molecule is N#Cc1cccc(NC(=O)NC2CCC(O)CC2)c1. The predicted molar refractivity (Wildman–Crippen MR) is 71.6 cm³/mol. The van der Waals surface area contributed by atoms with Crippen LogP contribution in [-0.4, -0.2) is 23.3 Å². The number of aliphatic hydroxyl groups excluding tert-OH is 1. The number of hydrogen-bond donors (Lipinski definition) is 3. The second-order valence-corrected chi connectivity index (χ2v) is 4.80. The van der Waals surface area contributed by atoms with Crippen molar-refractivity contribution in [2.24, 2.45) is 0 Å². The Hall–Kier alpha value is -2.06. The summed E-state index contributed by atoms with van der Waals surface area (Å²) in [6, 6.07) is 8.66. The first-order valence-electron chi connectivity index (χ1n) is 6.43. The average molecular weight is 259 g/mol. The molecule has 0 spiro atoms. The molecule has 1 aliphatic carbocycles. The third-order valence-corrected chi connectivity index (χ3v) is 3.28. The lowest BCUT2D eigenvalue weighted by Crippen LogP contribution is -2.40. The van der Waals surface area contributed by atoms with E-state index in [9.17, 15) is 9.90 Å². The van der Waals surface area contributed by atoms with Gasteiger partial charge in [-0.25, -0.2) is 4.79 Å². The Kier molecular flexibility index (Phi) is 4.37. The van der Waals surface area contributed by atoms with Gasteiger partial charge in [-0.2, -0.15) is 5.26 Å². The third-order valence-electron chi connectivity index (χ3n) is 3.28. The van der Waals surface area contributed by atoms with Gasteiger partial charge in [-0.3, -0.25) is 0 Å². The first-order chi connectivity index (χ1) is 9.17. The van der Waals surface area contributed by atoms with Crippen LogP contribution >= 0.6 is 0 Å². The maximum Gasteiger partial charge on any atom is 0.319 e. The van der Waals surface area contributed by atoms with E-state index < -0.39 is 0 Å². The van der Waals surface area contributed by atoms with E-state index in [0.717, 1.165) is 25.7 Å². The summed E-state index contributed by atoms with van der Waals surface area (Å²) in [4.78, 5) is 11.8. The van der Waals surface area contributed by atoms with Crippen molar-refractivity contribution in [1.29, 1.82) is 5.26 Å². The van der Waals surface area contributed by atoms with E-state index in [4.69, 9.17) is 5.26 Å². The Morgan fingerprint density at radius 1 is 1.32 bits per heavy atom. The van der Waals surface area contributed by atoms with Crippen molar-refractivity contribution < 1.29 is 9.90 Å². The van der Waals surface area contributed by atoms with Gasteiger partial charge in [-0.1, -0.05) is 6.07 Å². The van der Waals surface area contributed by atoms with Gasteiger partial charge in [0.15, 0.2) is 0 Å². The van der Waals surface area contributed by atoms with Crippen LogP contribution in [0.25, 0.3) is 0 Å². The van der Waals surface area contributed by atoms with Gasteiger partial charge in [0.1, 0.15) is 0 Å². The number of nitriles is 1. The standard InChI is InChI=1S/C14H17N3O2/c15-9-10-2-1-3-12(8-10)17-14(19)16-11-4-6-13(18)7-5-11/h1-3,8,11,13,18H,4-7H2,(H2,16,17,19). The number of benzene rings is 1. The Labute approximate surface area is 112 Å². The van der Waals surface area contributed by atoms with Crippen LogP contribution in [0.1, 0.15) is 31.2 Å². The fourth-order valence-corrected chi connectivity index (χ4v) is 2.24. The van der Waals surface area contributed by atoms with E-state index in [-0.39, 0.29) is 18.2 Å². The molecule has 2 amide bonds. The molecule has 0 radical (unpaired) electrons. The van der Waals surface area contributed by atoms with E-state index in [1.807, 2.05) is 6.07 Å². The smallest absolute Gasteiger partial charge is 0.319 e. The Bertz CT molecular complexity index is 488. The van der Waals surface area contributed by atoms with Crippen molar-refractivity contribution in [3.8, 4) is 6.07 Å². The summed E-state index contributed by atoms with van der Waals surface area (Å²) in [6.07, 6.45) is 2.83. The van der Waals surface area contributed by atoms with Gasteiger partial charge in [0, 0.05) is 11.7 Å². The molecule has 0 aromatic heterocycles. The Balaban J connectivity index is 1.85. The molecule has 5 nitrogen and oxygen atoms in total. The molecular formula is C14H17N3O2. The third kappa shape index (κ3) is 3.97. The first kappa shape index (κ1) is 13.4. The average Bonchev–Trinajstić information content (AvgIpc) is 2.41. The van der Waals surface area contributed by atoms with Crippen molar-refractivity contribution in [3.63, 3.8) is 0 Å². The molecule has 1 aromatic rings. The van der Waals surface area contributed by atoms with Gasteiger partial charge in [0.25, 0.3) is 0 Å². The number of anilines is 1. The summed E-state index contributed by atoms with van der Waals surface area (Å²) < 4.78 is 0. The molecule has 0 aliphatic heterocycles. The van der Waals surface area contributed by atoms with Gasteiger partial charge in [-0.15, -0.1) is 0 Å². The molecule has 0 unspecified atom stereocenters. The molecule has 1 aliphatic rings. The van der Waals surface area contributed by atoms with Crippen LogP contribution < -0.4 is 10.6 Å². The zero-order valence-corrected chi connectivity index (χ0v) is 10.6. The van der Waals surface area contributed by atoms with Crippen molar-refractivity contribution in [2.45, 2.75) is 37.8 Å². The topological polar surface area (TPSA) is 85.2 Å². The van der Waals surface area contributed by atoms with E-state index in [1.165, 1.54) is 0 Å². The van der Waals surface area contributed by atoms with Crippen molar-refractivity contribution in [3.05, 3.63) is 29.8 Å². The zero-order valence-electron chi connectivity index (χ0n) is 10.6. The number of rotatable bonds is 2. The molecule has 100 valence electrons. The summed E-state index contributed by atoms with van der Waals surface area (Å²) in [7, 11) is 0. The monoisotopic (exact) mass is 259 g/mol. The van der Waals surface area contributed by atoms with Crippen molar-refractivity contribution >= 4 is 11.7 Å². The molecule has 2 rings (SSSR count). The van der Waals surface area contributed by atoms with Crippen LogP contribution in [-0.2, 0) is 0 Å². The van der Waals surface area contributed by atoms with E-state index >= 15 is 0 Å². The highest BCUT2D eigenvalue weighted by molar-refractivity contribution is 5.89. The fourth-order valence-electron chi connectivity index (χ4n) is 2.24. The molecular weight excluding hydrogens is 242 g/mol. The quantitative estimate of drug-likeness (QED) is 0.759. The molecule has 0 heterocycles. The number of amides is 2. The highest BCUT2D eigenvalue weighted by Crippen LogP contribution is 2.18. The molecule has 0 bridgehead atoms. The largest absolute Gasteiger partial charge is 0.393 e. The van der Waals surface area contributed by atoms with Crippen LogP contribution in [0.15, 0.2) is 24.3 Å². The van der Waals surface area contributed by atoms with Crippen molar-refractivity contribution in [2.75, 3.05) is 5.32 Å². The summed E-state index contributed by atoms with van der Waals surface area (Å²) in [6.45, 7) is 0. The fraction of sp³-hybridized carbons (Fsp3) is 0.429. The molecule has 1 saturated carbocycles. The first-order valence-corrected chi connectivity index (χ1v) is 6.43. The van der Waals surface area contributed by atoms with Crippen molar-refractivity contribution in [1.82, 2.24) is 5.32 Å². The Morgan fingerprint density at radius 3 is 2.74 bits per heavy atom. The number of nitrogens with one attached hydrogen (secondary N) is 2. The lowest BCUT2D eigenvalue weighted by atomic mass is 9.93. The molecule has 1 aromatic carbocycles. The minimum absolute atomic E-state index is 0.113. The van der Waals surface area contributed by atoms with Gasteiger partial charge < -0.3 is 15.7 Å². The van der Waals surface area contributed by atoms with Crippen LogP contribution in [0, 0.1) is 11.3 Å². The molecule has 1 fully saturated rings. The molecule has 3 N–H and O–H groups in total. The van der Waals surface area contributed by atoms with E-state index in [1.54, 1.807) is 24.3 Å². The molecule has 19 heavy (non-hydrogen) atoms. The van der Waals surface area contributed by atoms with E-state index in [0.29, 0.717) is 11.3 Å². The second kappa shape index (κ2) is 6.21. The number of carbonyl (C=O) groups excluding carboxylic acids is 1. The maximum absolute atomic E-state index is 11.8. The highest BCUT2D eigenvalue weighted by atomic mass is 16.3. The zero-order chi connectivity index (χ0) is 13.7. The van der Waals surface area contributed by atoms with Gasteiger partial charge in [0.05, 0.1) is 17.7 Å². The van der Waals surface area contributed by atoms with Gasteiger partial charge >= 0.3 is 6.03 Å². The van der Waals surface area contributed by atoms with Crippen LogP contribution in [0.5, 0.6) is 0 Å². The number of nitrogens with zero attached hydrogens (tertiary/aromatic N) is 1. The van der Waals surface area contributed by atoms with Crippen LogP contribution in [0.3, 0.4) is 0 Å². The van der Waals surface area contributed by atoms with Gasteiger partial charge in [-0.05, 0) is 43.9 Å². The molecule has 5 heteroatoms.